The number of nitrogens with zero attached hydrogens (tertiary/aromatic N) is 1. The molecule has 0 radical (unpaired) electrons. The van der Waals surface area contributed by atoms with Gasteiger partial charge in [-0.1, -0.05) is 17.7 Å². The maximum absolute atomic E-state index is 6.19. The Balaban J connectivity index is 1.75. The van der Waals surface area contributed by atoms with Crippen molar-refractivity contribution >= 4 is 44.6 Å². The zero-order chi connectivity index (χ0) is 14.8. The average molecular weight is 386 g/mol. The molecule has 2 nitrogen and oxygen atoms in total. The summed E-state index contributed by atoms with van der Waals surface area (Å²) in [5.41, 5.74) is 2.52. The molecule has 0 spiro atoms. The van der Waals surface area contributed by atoms with Gasteiger partial charge in [-0.3, -0.25) is 0 Å². The number of hydrogen-bond acceptors (Lipinski definition) is 3. The van der Waals surface area contributed by atoms with Crippen molar-refractivity contribution in [1.82, 2.24) is 5.32 Å². The Morgan fingerprint density at radius 3 is 2.86 bits per heavy atom. The van der Waals surface area contributed by atoms with Crippen LogP contribution >= 0.6 is 38.9 Å². The summed E-state index contributed by atoms with van der Waals surface area (Å²) >= 11 is 11.5. The molecule has 1 aliphatic rings. The molecule has 5 heteroatoms. The number of benzene rings is 1. The Bertz CT molecular complexity index is 624. The second-order valence-corrected chi connectivity index (χ2v) is 7.86. The van der Waals surface area contributed by atoms with Crippen molar-refractivity contribution in [2.75, 3.05) is 11.9 Å². The van der Waals surface area contributed by atoms with Crippen LogP contribution in [0.25, 0.3) is 0 Å². The molecule has 0 saturated heterocycles. The fraction of sp³-hybridized carbons (Fsp3) is 0.375. The molecule has 3 rings (SSSR count). The van der Waals surface area contributed by atoms with E-state index >= 15 is 0 Å². The van der Waals surface area contributed by atoms with E-state index in [2.05, 4.69) is 56.8 Å². The van der Waals surface area contributed by atoms with Gasteiger partial charge in [-0.25, -0.2) is 0 Å². The van der Waals surface area contributed by atoms with Gasteiger partial charge in [-0.15, -0.1) is 11.3 Å². The normalized spacial score (nSPS) is 14.4. The highest BCUT2D eigenvalue weighted by Gasteiger charge is 2.21. The van der Waals surface area contributed by atoms with E-state index in [0.29, 0.717) is 6.04 Å². The maximum Gasteiger partial charge on any atom is 0.0520 e. The van der Waals surface area contributed by atoms with E-state index in [-0.39, 0.29) is 0 Å². The van der Waals surface area contributed by atoms with Crippen molar-refractivity contribution in [2.45, 2.75) is 32.0 Å². The van der Waals surface area contributed by atoms with Crippen molar-refractivity contribution in [3.05, 3.63) is 49.6 Å². The third-order valence-corrected chi connectivity index (χ3v) is 5.55. The lowest BCUT2D eigenvalue weighted by atomic mass is 10.1. The lowest BCUT2D eigenvalue weighted by Crippen LogP contribution is -2.21. The molecule has 1 aromatic carbocycles. The predicted molar refractivity (Wildman–Crippen MR) is 95.4 cm³/mol. The monoisotopic (exact) mass is 384 g/mol. The van der Waals surface area contributed by atoms with Crippen molar-refractivity contribution in [2.24, 2.45) is 0 Å². The largest absolute Gasteiger partial charge is 0.369 e. The molecule has 112 valence electrons. The van der Waals surface area contributed by atoms with Gasteiger partial charge in [0.2, 0.25) is 0 Å². The fourth-order valence-electron chi connectivity index (χ4n) is 2.34. The summed E-state index contributed by atoms with van der Waals surface area (Å²) < 4.78 is 1.15. The van der Waals surface area contributed by atoms with Gasteiger partial charge >= 0.3 is 0 Å². The van der Waals surface area contributed by atoms with Gasteiger partial charge in [0.05, 0.1) is 6.54 Å². The van der Waals surface area contributed by atoms with Crippen LogP contribution in [-0.4, -0.2) is 13.1 Å². The van der Waals surface area contributed by atoms with E-state index in [0.717, 1.165) is 22.6 Å². The lowest BCUT2D eigenvalue weighted by molar-refractivity contribution is 0.685. The molecule has 0 bridgehead atoms. The van der Waals surface area contributed by atoms with Gasteiger partial charge in [0.15, 0.2) is 0 Å². The first-order valence-corrected chi connectivity index (χ1v) is 9.13. The molecule has 1 N–H and O–H groups in total. The summed E-state index contributed by atoms with van der Waals surface area (Å²) in [7, 11) is 2.12. The number of hydrogen-bond donors (Lipinski definition) is 1. The van der Waals surface area contributed by atoms with Crippen molar-refractivity contribution in [3.8, 4) is 0 Å². The molecule has 1 saturated carbocycles. The highest BCUT2D eigenvalue weighted by molar-refractivity contribution is 9.10. The Hall–Kier alpha value is -0.550. The molecule has 1 aromatic heterocycles. The minimum Gasteiger partial charge on any atom is -0.369 e. The Morgan fingerprint density at radius 2 is 2.19 bits per heavy atom. The molecule has 0 atom stereocenters. The topological polar surface area (TPSA) is 15.3 Å². The maximum atomic E-state index is 6.19. The summed E-state index contributed by atoms with van der Waals surface area (Å²) in [6.07, 6.45) is 2.62. The summed E-state index contributed by atoms with van der Waals surface area (Å²) in [6, 6.07) is 9.06. The predicted octanol–water partition coefficient (Wildman–Crippen LogP) is 5.05. The summed E-state index contributed by atoms with van der Waals surface area (Å²) in [5.74, 6) is 0. The first-order valence-electron chi connectivity index (χ1n) is 7.07. The Kier molecular flexibility index (Phi) is 4.89. The molecular formula is C16H18BrClN2S. The van der Waals surface area contributed by atoms with Gasteiger partial charge in [0.1, 0.15) is 0 Å². The average Bonchev–Trinajstić information content (AvgIpc) is 3.20. The van der Waals surface area contributed by atoms with E-state index < -0.39 is 0 Å². The summed E-state index contributed by atoms with van der Waals surface area (Å²) in [4.78, 5) is 3.61. The van der Waals surface area contributed by atoms with Crippen LogP contribution in [0.3, 0.4) is 0 Å². The minimum absolute atomic E-state index is 0.715. The van der Waals surface area contributed by atoms with E-state index in [4.69, 9.17) is 11.6 Å². The second kappa shape index (κ2) is 6.69. The first-order chi connectivity index (χ1) is 10.1. The third-order valence-electron chi connectivity index (χ3n) is 3.63. The van der Waals surface area contributed by atoms with Crippen LogP contribution in [0, 0.1) is 0 Å². The van der Waals surface area contributed by atoms with Crippen LogP contribution < -0.4 is 10.2 Å². The molecular weight excluding hydrogens is 368 g/mol. The molecule has 2 aromatic rings. The van der Waals surface area contributed by atoms with Crippen LogP contribution in [0.15, 0.2) is 34.1 Å². The molecule has 21 heavy (non-hydrogen) atoms. The summed E-state index contributed by atoms with van der Waals surface area (Å²) in [6.45, 7) is 1.81. The highest BCUT2D eigenvalue weighted by Crippen LogP contribution is 2.28. The van der Waals surface area contributed by atoms with E-state index in [1.54, 1.807) is 11.3 Å². The number of anilines is 1. The van der Waals surface area contributed by atoms with Crippen LogP contribution in [0.2, 0.25) is 5.02 Å². The molecule has 1 fully saturated rings. The van der Waals surface area contributed by atoms with Gasteiger partial charge in [-0.2, -0.15) is 0 Å². The van der Waals surface area contributed by atoms with E-state index in [1.807, 2.05) is 6.07 Å². The number of rotatable bonds is 6. The van der Waals surface area contributed by atoms with Crippen LogP contribution in [-0.2, 0) is 13.1 Å². The smallest absolute Gasteiger partial charge is 0.0520 e. The second-order valence-electron chi connectivity index (χ2n) is 5.52. The molecule has 1 aliphatic carbocycles. The zero-order valence-electron chi connectivity index (χ0n) is 11.9. The summed E-state index contributed by atoms with van der Waals surface area (Å²) in [5, 5.41) is 6.49. The van der Waals surface area contributed by atoms with Gasteiger partial charge in [0, 0.05) is 45.1 Å². The van der Waals surface area contributed by atoms with Crippen molar-refractivity contribution in [1.29, 1.82) is 0 Å². The van der Waals surface area contributed by atoms with Crippen LogP contribution in [0.5, 0.6) is 0 Å². The number of halogens is 2. The van der Waals surface area contributed by atoms with Gasteiger partial charge < -0.3 is 10.2 Å². The van der Waals surface area contributed by atoms with Gasteiger partial charge in [0.25, 0.3) is 0 Å². The van der Waals surface area contributed by atoms with Crippen LogP contribution in [0.4, 0.5) is 5.69 Å². The number of nitrogens with one attached hydrogen (secondary N) is 1. The van der Waals surface area contributed by atoms with Gasteiger partial charge in [-0.05, 0) is 52.5 Å². The molecule has 0 aliphatic heterocycles. The van der Waals surface area contributed by atoms with E-state index in [9.17, 15) is 0 Å². The quantitative estimate of drug-likeness (QED) is 0.748. The lowest BCUT2D eigenvalue weighted by Gasteiger charge is -2.22. The Morgan fingerprint density at radius 1 is 1.38 bits per heavy atom. The minimum atomic E-state index is 0.715. The van der Waals surface area contributed by atoms with E-state index in [1.165, 1.54) is 29.0 Å². The highest BCUT2D eigenvalue weighted by atomic mass is 79.9. The molecule has 1 heterocycles. The molecule has 0 amide bonds. The zero-order valence-corrected chi connectivity index (χ0v) is 15.1. The fourth-order valence-corrected chi connectivity index (χ4v) is 4.01. The Labute approximate surface area is 143 Å². The third kappa shape index (κ3) is 4.22. The standard InChI is InChI=1S/C16H18BrClN2S/c1-20(9-15-6-12(17)10-21-15)16-7-13(18)3-2-11(16)8-19-14-4-5-14/h2-3,6-7,10,14,19H,4-5,8-9H2,1H3. The first kappa shape index (κ1) is 15.3. The SMILES string of the molecule is CN(Cc1cc(Br)cs1)c1cc(Cl)ccc1CNC1CC1. The molecule has 0 unspecified atom stereocenters. The van der Waals surface area contributed by atoms with Crippen LogP contribution in [0.1, 0.15) is 23.3 Å². The van der Waals surface area contributed by atoms with Crippen molar-refractivity contribution < 1.29 is 0 Å². The number of thiophene rings is 1. The van der Waals surface area contributed by atoms with Crippen molar-refractivity contribution in [3.63, 3.8) is 0 Å².